The largest absolute Gasteiger partial charge is 0.432 e. The van der Waals surface area contributed by atoms with Crippen molar-refractivity contribution in [2.45, 2.75) is 13.3 Å². The summed E-state index contributed by atoms with van der Waals surface area (Å²) in [5.41, 5.74) is 1.40. The zero-order chi connectivity index (χ0) is 9.14. The molecule has 1 aromatic rings. The van der Waals surface area contributed by atoms with Gasteiger partial charge in [-0.3, -0.25) is 0 Å². The van der Waals surface area contributed by atoms with Crippen LogP contribution in [0.4, 0.5) is 5.95 Å². The fourth-order valence-electron chi connectivity index (χ4n) is 0.901. The zero-order valence-electron chi connectivity index (χ0n) is 6.70. The Kier molecular flexibility index (Phi) is 2.23. The molecular formula is C7H9N3O2. The van der Waals surface area contributed by atoms with Gasteiger partial charge < -0.3 is 10.1 Å². The molecule has 0 aliphatic carbocycles. The maximum atomic E-state index is 10.3. The highest BCUT2D eigenvalue weighted by molar-refractivity contribution is 5.21. The van der Waals surface area contributed by atoms with Crippen LogP contribution in [0.25, 0.3) is 0 Å². The van der Waals surface area contributed by atoms with Crippen LogP contribution < -0.4 is 0 Å². The van der Waals surface area contributed by atoms with E-state index in [0.717, 1.165) is 5.69 Å². The fraction of sp³-hybridized carbons (Fsp3) is 0.286. The van der Waals surface area contributed by atoms with Crippen molar-refractivity contribution in [3.05, 3.63) is 34.2 Å². The van der Waals surface area contributed by atoms with Crippen LogP contribution in [0.2, 0.25) is 0 Å². The number of hydrogen-bond acceptors (Lipinski definition) is 3. The van der Waals surface area contributed by atoms with Gasteiger partial charge in [-0.05, 0) is 11.8 Å². The number of nitrogens with zero attached hydrogens (tertiary/aromatic N) is 2. The quantitative estimate of drug-likeness (QED) is 0.419. The van der Waals surface area contributed by atoms with E-state index in [0.29, 0.717) is 12.1 Å². The van der Waals surface area contributed by atoms with E-state index >= 15 is 0 Å². The molecule has 0 aliphatic rings. The number of allylic oxidation sites excluding steroid dienone is 1. The van der Waals surface area contributed by atoms with Crippen LogP contribution in [-0.2, 0) is 6.42 Å². The van der Waals surface area contributed by atoms with Gasteiger partial charge in [0.15, 0.2) is 5.69 Å². The summed E-state index contributed by atoms with van der Waals surface area (Å²) in [6.45, 7) is 5.28. The monoisotopic (exact) mass is 167 g/mol. The summed E-state index contributed by atoms with van der Waals surface area (Å²) in [4.78, 5) is 16.1. The highest BCUT2D eigenvalue weighted by Crippen LogP contribution is 2.11. The maximum Gasteiger partial charge on any atom is 0.432 e. The Morgan fingerprint density at radius 1 is 1.83 bits per heavy atom. The lowest BCUT2D eigenvalue weighted by Crippen LogP contribution is -1.89. The molecular weight excluding hydrogens is 158 g/mol. The van der Waals surface area contributed by atoms with Crippen LogP contribution in [0.1, 0.15) is 11.4 Å². The molecule has 0 radical (unpaired) electrons. The van der Waals surface area contributed by atoms with E-state index in [9.17, 15) is 10.1 Å². The summed E-state index contributed by atoms with van der Waals surface area (Å²) in [5.74, 6) is -0.204. The Morgan fingerprint density at radius 2 is 2.50 bits per heavy atom. The molecule has 5 nitrogen and oxygen atoms in total. The molecule has 12 heavy (non-hydrogen) atoms. The second-order valence-electron chi connectivity index (χ2n) is 2.38. The van der Waals surface area contributed by atoms with Crippen molar-refractivity contribution >= 4 is 5.95 Å². The van der Waals surface area contributed by atoms with Gasteiger partial charge in [0.1, 0.15) is 5.69 Å². The van der Waals surface area contributed by atoms with Crippen molar-refractivity contribution in [2.75, 3.05) is 0 Å². The number of nitrogens with one attached hydrogen (secondary N) is 1. The van der Waals surface area contributed by atoms with Crippen molar-refractivity contribution in [3.8, 4) is 0 Å². The first kappa shape index (κ1) is 8.45. The third-order valence-corrected chi connectivity index (χ3v) is 1.48. The van der Waals surface area contributed by atoms with Gasteiger partial charge in [-0.1, -0.05) is 11.1 Å². The lowest BCUT2D eigenvalue weighted by Gasteiger charge is -1.84. The molecule has 0 aliphatic heterocycles. The lowest BCUT2D eigenvalue weighted by atomic mass is 10.3. The predicted octanol–water partition coefficient (Wildman–Crippen LogP) is 1.35. The lowest BCUT2D eigenvalue weighted by molar-refractivity contribution is -0.393. The molecule has 5 heteroatoms. The molecule has 0 bridgehead atoms. The summed E-state index contributed by atoms with van der Waals surface area (Å²) >= 11 is 0. The molecule has 0 aromatic carbocycles. The van der Waals surface area contributed by atoms with Gasteiger partial charge in [0.05, 0.1) is 0 Å². The van der Waals surface area contributed by atoms with E-state index in [2.05, 4.69) is 16.5 Å². The number of aryl methyl sites for hydroxylation is 1. The first-order chi connectivity index (χ1) is 5.65. The van der Waals surface area contributed by atoms with E-state index in [1.807, 2.05) is 0 Å². The number of aromatic nitrogens is 2. The third kappa shape index (κ3) is 1.50. The summed E-state index contributed by atoms with van der Waals surface area (Å²) in [6.07, 6.45) is 2.21. The minimum absolute atomic E-state index is 0.204. The maximum absolute atomic E-state index is 10.3. The van der Waals surface area contributed by atoms with E-state index in [1.54, 1.807) is 13.0 Å². The van der Waals surface area contributed by atoms with Crippen molar-refractivity contribution < 1.29 is 4.92 Å². The minimum Gasteiger partial charge on any atom is -0.390 e. The average molecular weight is 167 g/mol. The summed E-state index contributed by atoms with van der Waals surface area (Å²) in [5, 5.41) is 10.3. The standard InChI is InChI=1S/C7H9N3O2/c1-3-4-6-5(2)8-7(9-6)10(11)12/h3H,1,4H2,2H3,(H,8,9). The van der Waals surface area contributed by atoms with Crippen molar-refractivity contribution in [3.63, 3.8) is 0 Å². The second kappa shape index (κ2) is 3.17. The summed E-state index contributed by atoms with van der Waals surface area (Å²) in [6, 6.07) is 0. The van der Waals surface area contributed by atoms with Crippen LogP contribution in [-0.4, -0.2) is 14.9 Å². The molecule has 0 spiro atoms. The summed E-state index contributed by atoms with van der Waals surface area (Å²) in [7, 11) is 0. The number of H-pyrrole nitrogens is 1. The number of rotatable bonds is 3. The van der Waals surface area contributed by atoms with Gasteiger partial charge in [0.2, 0.25) is 0 Å². The third-order valence-electron chi connectivity index (χ3n) is 1.48. The molecule has 0 amide bonds. The van der Waals surface area contributed by atoms with Crippen molar-refractivity contribution in [2.24, 2.45) is 0 Å². The molecule has 1 rings (SSSR count). The first-order valence-electron chi connectivity index (χ1n) is 3.46. The Balaban J connectivity index is 2.99. The molecule has 0 fully saturated rings. The molecule has 0 unspecified atom stereocenters. The molecule has 1 heterocycles. The van der Waals surface area contributed by atoms with Crippen molar-refractivity contribution in [1.29, 1.82) is 0 Å². The van der Waals surface area contributed by atoms with Gasteiger partial charge in [0.25, 0.3) is 0 Å². The van der Waals surface area contributed by atoms with E-state index in [-0.39, 0.29) is 5.95 Å². The smallest absolute Gasteiger partial charge is 0.390 e. The van der Waals surface area contributed by atoms with Crippen LogP contribution >= 0.6 is 0 Å². The van der Waals surface area contributed by atoms with Gasteiger partial charge in [-0.15, -0.1) is 6.58 Å². The molecule has 0 saturated heterocycles. The Labute approximate surface area is 69.3 Å². The molecule has 64 valence electrons. The number of imidazole rings is 1. The van der Waals surface area contributed by atoms with E-state index in [4.69, 9.17) is 0 Å². The number of aromatic amines is 1. The van der Waals surface area contributed by atoms with Gasteiger partial charge in [0, 0.05) is 6.42 Å². The Bertz CT molecular complexity index is 316. The second-order valence-corrected chi connectivity index (χ2v) is 2.38. The highest BCUT2D eigenvalue weighted by Gasteiger charge is 2.14. The molecule has 0 saturated carbocycles. The van der Waals surface area contributed by atoms with Crippen LogP contribution in [0.5, 0.6) is 0 Å². The summed E-state index contributed by atoms with van der Waals surface area (Å²) < 4.78 is 0. The van der Waals surface area contributed by atoms with Gasteiger partial charge in [-0.2, -0.15) is 0 Å². The topological polar surface area (TPSA) is 71.8 Å². The van der Waals surface area contributed by atoms with Gasteiger partial charge >= 0.3 is 5.95 Å². The zero-order valence-corrected chi connectivity index (χ0v) is 6.70. The SMILES string of the molecule is C=CCc1nc([N+](=O)[O-])[nH]c1C. The minimum atomic E-state index is -0.542. The highest BCUT2D eigenvalue weighted by atomic mass is 16.6. The number of nitro groups is 1. The Hall–Kier alpha value is -1.65. The molecule has 1 N–H and O–H groups in total. The van der Waals surface area contributed by atoms with Crippen LogP contribution in [0, 0.1) is 17.0 Å². The molecule has 0 atom stereocenters. The number of hydrogen-bond donors (Lipinski definition) is 1. The predicted molar refractivity (Wildman–Crippen MR) is 43.9 cm³/mol. The van der Waals surface area contributed by atoms with Gasteiger partial charge in [-0.25, -0.2) is 4.98 Å². The average Bonchev–Trinajstić information content (AvgIpc) is 2.34. The van der Waals surface area contributed by atoms with Crippen molar-refractivity contribution in [1.82, 2.24) is 9.97 Å². The molecule has 1 aromatic heterocycles. The Morgan fingerprint density at radius 3 is 2.92 bits per heavy atom. The van der Waals surface area contributed by atoms with Crippen LogP contribution in [0.3, 0.4) is 0 Å². The van der Waals surface area contributed by atoms with E-state index in [1.165, 1.54) is 0 Å². The normalized spacial score (nSPS) is 9.75. The van der Waals surface area contributed by atoms with Crippen LogP contribution in [0.15, 0.2) is 12.7 Å². The van der Waals surface area contributed by atoms with E-state index < -0.39 is 4.92 Å². The first-order valence-corrected chi connectivity index (χ1v) is 3.46. The fourth-order valence-corrected chi connectivity index (χ4v) is 0.901.